The minimum Gasteiger partial charge on any atom is -0.480 e. The number of ketones is 1. The summed E-state index contributed by atoms with van der Waals surface area (Å²) in [6, 6.07) is 16.6. The molecule has 1 unspecified atom stereocenters. The largest absolute Gasteiger partial charge is 0.480 e. The molecular weight excluding hydrogens is 284 g/mol. The summed E-state index contributed by atoms with van der Waals surface area (Å²) < 4.78 is 0. The highest BCUT2D eigenvalue weighted by Crippen LogP contribution is 2.26. The molecule has 0 aliphatic heterocycles. The normalized spacial score (nSPS) is 11.9. The van der Waals surface area contributed by atoms with Crippen LogP contribution >= 0.6 is 11.8 Å². The molecule has 21 heavy (non-hydrogen) atoms. The molecule has 0 aromatic heterocycles. The summed E-state index contributed by atoms with van der Waals surface area (Å²) >= 11 is 1.30. The Balaban J connectivity index is 2.09. The average molecular weight is 300 g/mol. The zero-order valence-corrected chi connectivity index (χ0v) is 12.5. The number of thioether (sulfide) groups is 1. The lowest BCUT2D eigenvalue weighted by atomic mass is 10.1. The first-order chi connectivity index (χ1) is 10.1. The lowest BCUT2D eigenvalue weighted by Gasteiger charge is -2.12. The van der Waals surface area contributed by atoms with Gasteiger partial charge < -0.3 is 5.11 Å². The van der Waals surface area contributed by atoms with Crippen LogP contribution in [0.1, 0.15) is 22.8 Å². The number of carbonyl (C=O) groups excluding carboxylic acids is 1. The first kappa shape index (κ1) is 15.3. The highest BCUT2D eigenvalue weighted by atomic mass is 32.2. The van der Waals surface area contributed by atoms with Gasteiger partial charge in [-0.3, -0.25) is 9.59 Å². The van der Waals surface area contributed by atoms with E-state index in [0.29, 0.717) is 12.0 Å². The second-order valence-electron chi connectivity index (χ2n) is 4.72. The molecule has 0 fully saturated rings. The summed E-state index contributed by atoms with van der Waals surface area (Å²) in [5.41, 5.74) is 1.63. The van der Waals surface area contributed by atoms with Crippen LogP contribution in [0.15, 0.2) is 59.5 Å². The molecule has 3 nitrogen and oxygen atoms in total. The van der Waals surface area contributed by atoms with E-state index in [9.17, 15) is 14.7 Å². The van der Waals surface area contributed by atoms with Crippen LogP contribution in [0, 0.1) is 0 Å². The SMILES string of the molecule is CC(=O)c1ccc(SC(Cc2ccccc2)C(=O)O)cc1. The van der Waals surface area contributed by atoms with Crippen LogP contribution in [0.2, 0.25) is 0 Å². The highest BCUT2D eigenvalue weighted by Gasteiger charge is 2.19. The third-order valence-corrected chi connectivity index (χ3v) is 4.28. The van der Waals surface area contributed by atoms with Crippen molar-refractivity contribution < 1.29 is 14.7 Å². The van der Waals surface area contributed by atoms with E-state index in [1.165, 1.54) is 18.7 Å². The molecule has 1 atom stereocenters. The van der Waals surface area contributed by atoms with Crippen LogP contribution in [0.3, 0.4) is 0 Å². The van der Waals surface area contributed by atoms with E-state index in [4.69, 9.17) is 0 Å². The van der Waals surface area contributed by atoms with Crippen LogP contribution < -0.4 is 0 Å². The van der Waals surface area contributed by atoms with Gasteiger partial charge in [-0.05, 0) is 31.0 Å². The number of carbonyl (C=O) groups is 2. The van der Waals surface area contributed by atoms with Gasteiger partial charge in [-0.1, -0.05) is 42.5 Å². The third-order valence-electron chi connectivity index (χ3n) is 3.08. The Hall–Kier alpha value is -2.07. The fourth-order valence-corrected chi connectivity index (χ4v) is 2.94. The lowest BCUT2D eigenvalue weighted by molar-refractivity contribution is -0.136. The Morgan fingerprint density at radius 1 is 1.05 bits per heavy atom. The maximum atomic E-state index is 11.4. The van der Waals surface area contributed by atoms with Gasteiger partial charge >= 0.3 is 5.97 Å². The van der Waals surface area contributed by atoms with E-state index >= 15 is 0 Å². The number of hydrogen-bond donors (Lipinski definition) is 1. The Morgan fingerprint density at radius 2 is 1.67 bits per heavy atom. The number of aliphatic carboxylic acids is 1. The minimum atomic E-state index is -0.834. The number of rotatable bonds is 6. The zero-order valence-electron chi connectivity index (χ0n) is 11.7. The standard InChI is InChI=1S/C17H16O3S/c1-12(18)14-7-9-15(10-8-14)21-16(17(19)20)11-13-5-3-2-4-6-13/h2-10,16H,11H2,1H3,(H,19,20). The Kier molecular flexibility index (Phi) is 5.17. The van der Waals surface area contributed by atoms with Crippen molar-refractivity contribution >= 4 is 23.5 Å². The quantitative estimate of drug-likeness (QED) is 0.653. The van der Waals surface area contributed by atoms with Gasteiger partial charge in [0.2, 0.25) is 0 Å². The Labute approximate surface area is 128 Å². The number of Topliss-reactive ketones (excluding diaryl/α,β-unsaturated/α-hetero) is 1. The monoisotopic (exact) mass is 300 g/mol. The molecule has 0 aliphatic rings. The zero-order chi connectivity index (χ0) is 15.2. The highest BCUT2D eigenvalue weighted by molar-refractivity contribution is 8.00. The van der Waals surface area contributed by atoms with Gasteiger partial charge in [-0.25, -0.2) is 0 Å². The van der Waals surface area contributed by atoms with Crippen molar-refractivity contribution in [3.05, 3.63) is 65.7 Å². The van der Waals surface area contributed by atoms with E-state index in [1.54, 1.807) is 24.3 Å². The Bertz CT molecular complexity index is 620. The predicted molar refractivity (Wildman–Crippen MR) is 83.9 cm³/mol. The van der Waals surface area contributed by atoms with E-state index in [-0.39, 0.29) is 5.78 Å². The maximum absolute atomic E-state index is 11.4. The summed E-state index contributed by atoms with van der Waals surface area (Å²) in [4.78, 5) is 23.5. The predicted octanol–water partition coefficient (Wildman–Crippen LogP) is 3.68. The van der Waals surface area contributed by atoms with Gasteiger partial charge in [-0.2, -0.15) is 0 Å². The number of carboxylic acid groups (broad SMARTS) is 1. The van der Waals surface area contributed by atoms with Crippen LogP contribution in [-0.2, 0) is 11.2 Å². The number of carboxylic acids is 1. The molecule has 0 radical (unpaired) electrons. The molecule has 2 rings (SSSR count). The van der Waals surface area contributed by atoms with E-state index in [2.05, 4.69) is 0 Å². The van der Waals surface area contributed by atoms with Gasteiger partial charge in [-0.15, -0.1) is 11.8 Å². The van der Waals surface area contributed by atoms with Crippen LogP contribution in [-0.4, -0.2) is 22.1 Å². The van der Waals surface area contributed by atoms with E-state index in [0.717, 1.165) is 10.5 Å². The van der Waals surface area contributed by atoms with Gasteiger partial charge in [0.05, 0.1) is 0 Å². The van der Waals surface area contributed by atoms with Crippen LogP contribution in [0.5, 0.6) is 0 Å². The smallest absolute Gasteiger partial charge is 0.317 e. The average Bonchev–Trinajstić information content (AvgIpc) is 2.48. The van der Waals surface area contributed by atoms with Gasteiger partial charge in [0, 0.05) is 10.5 Å². The topological polar surface area (TPSA) is 54.4 Å². The summed E-state index contributed by atoms with van der Waals surface area (Å²) in [5, 5.41) is 8.82. The van der Waals surface area contributed by atoms with Gasteiger partial charge in [0.1, 0.15) is 5.25 Å². The van der Waals surface area contributed by atoms with Crippen molar-refractivity contribution in [2.24, 2.45) is 0 Å². The molecule has 0 heterocycles. The van der Waals surface area contributed by atoms with Crippen molar-refractivity contribution in [3.8, 4) is 0 Å². The molecule has 108 valence electrons. The first-order valence-corrected chi connectivity index (χ1v) is 7.48. The van der Waals surface area contributed by atoms with Crippen molar-refractivity contribution in [1.82, 2.24) is 0 Å². The molecule has 2 aromatic carbocycles. The van der Waals surface area contributed by atoms with Crippen LogP contribution in [0.25, 0.3) is 0 Å². The molecule has 0 amide bonds. The second kappa shape index (κ2) is 7.09. The summed E-state index contributed by atoms with van der Waals surface area (Å²) in [5.74, 6) is -0.829. The molecule has 0 bridgehead atoms. The summed E-state index contributed by atoms with van der Waals surface area (Å²) in [7, 11) is 0. The Morgan fingerprint density at radius 3 is 2.19 bits per heavy atom. The van der Waals surface area contributed by atoms with Crippen molar-refractivity contribution in [3.63, 3.8) is 0 Å². The fraction of sp³-hybridized carbons (Fsp3) is 0.176. The molecule has 0 saturated heterocycles. The van der Waals surface area contributed by atoms with E-state index in [1.807, 2.05) is 30.3 Å². The van der Waals surface area contributed by atoms with Crippen molar-refractivity contribution in [2.75, 3.05) is 0 Å². The van der Waals surface area contributed by atoms with Gasteiger partial charge in [0.15, 0.2) is 5.78 Å². The molecule has 4 heteroatoms. The van der Waals surface area contributed by atoms with Crippen molar-refractivity contribution in [1.29, 1.82) is 0 Å². The van der Waals surface area contributed by atoms with Gasteiger partial charge in [0.25, 0.3) is 0 Å². The molecular formula is C17H16O3S. The fourth-order valence-electron chi connectivity index (χ4n) is 1.94. The molecule has 0 saturated carbocycles. The summed E-state index contributed by atoms with van der Waals surface area (Å²) in [6.07, 6.45) is 0.468. The minimum absolute atomic E-state index is 0.00520. The lowest BCUT2D eigenvalue weighted by Crippen LogP contribution is -2.19. The molecule has 0 spiro atoms. The van der Waals surface area contributed by atoms with E-state index < -0.39 is 11.2 Å². The third kappa shape index (κ3) is 4.46. The first-order valence-electron chi connectivity index (χ1n) is 6.60. The summed E-state index contributed by atoms with van der Waals surface area (Å²) in [6.45, 7) is 1.51. The van der Waals surface area contributed by atoms with Crippen molar-refractivity contribution in [2.45, 2.75) is 23.5 Å². The maximum Gasteiger partial charge on any atom is 0.317 e. The molecule has 0 aliphatic carbocycles. The van der Waals surface area contributed by atoms with Crippen LogP contribution in [0.4, 0.5) is 0 Å². The second-order valence-corrected chi connectivity index (χ2v) is 5.99. The molecule has 1 N–H and O–H groups in total. The number of hydrogen-bond acceptors (Lipinski definition) is 3. The molecule has 2 aromatic rings. The number of benzene rings is 2.